The lowest BCUT2D eigenvalue weighted by atomic mass is 10.0. The van der Waals surface area contributed by atoms with E-state index in [9.17, 15) is 8.42 Å². The summed E-state index contributed by atoms with van der Waals surface area (Å²) < 4.78 is 22.6. The molecule has 0 fully saturated rings. The Hall–Kier alpha value is -0.580. The van der Waals surface area contributed by atoms with Crippen LogP contribution < -0.4 is 5.73 Å². The molecule has 0 radical (unpaired) electrons. The van der Waals surface area contributed by atoms with E-state index in [1.807, 2.05) is 18.2 Å². The predicted molar refractivity (Wildman–Crippen MR) is 71.9 cm³/mol. The average molecular weight is 276 g/mol. The molecular formula is C12H18ClNO2S. The summed E-state index contributed by atoms with van der Waals surface area (Å²) in [5, 5.41) is 0.652. The minimum atomic E-state index is -2.89. The first kappa shape index (κ1) is 14.5. The third kappa shape index (κ3) is 5.06. The fourth-order valence-corrected chi connectivity index (χ4v) is 2.67. The maximum atomic E-state index is 11.3. The number of hydrogen-bond donors (Lipinski definition) is 1. The van der Waals surface area contributed by atoms with Crippen LogP contribution in [0.4, 0.5) is 0 Å². The minimum absolute atomic E-state index is 0.152. The van der Waals surface area contributed by atoms with Crippen molar-refractivity contribution in [2.24, 2.45) is 5.73 Å². The lowest BCUT2D eigenvalue weighted by Crippen LogP contribution is -2.14. The largest absolute Gasteiger partial charge is 0.324 e. The zero-order valence-electron chi connectivity index (χ0n) is 9.90. The van der Waals surface area contributed by atoms with Crippen LogP contribution in [0.25, 0.3) is 0 Å². The molecule has 2 N–H and O–H groups in total. The SMILES string of the molecule is CCS(=O)(=O)CCCC(N)c1cccc(Cl)c1. The van der Waals surface area contributed by atoms with Gasteiger partial charge in [-0.15, -0.1) is 0 Å². The first-order valence-electron chi connectivity index (χ1n) is 5.66. The predicted octanol–water partition coefficient (Wildman–Crippen LogP) is 2.55. The molecule has 5 heteroatoms. The van der Waals surface area contributed by atoms with Gasteiger partial charge in [0.1, 0.15) is 9.84 Å². The van der Waals surface area contributed by atoms with Gasteiger partial charge in [-0.25, -0.2) is 8.42 Å². The summed E-state index contributed by atoms with van der Waals surface area (Å²) in [4.78, 5) is 0. The Morgan fingerprint density at radius 2 is 2.12 bits per heavy atom. The van der Waals surface area contributed by atoms with Crippen molar-refractivity contribution in [3.8, 4) is 0 Å². The first-order chi connectivity index (χ1) is 7.94. The third-order valence-electron chi connectivity index (χ3n) is 2.69. The van der Waals surface area contributed by atoms with Crippen molar-refractivity contribution >= 4 is 21.4 Å². The molecule has 0 aliphatic heterocycles. The van der Waals surface area contributed by atoms with Gasteiger partial charge in [0.2, 0.25) is 0 Å². The topological polar surface area (TPSA) is 60.2 Å². The normalized spacial score (nSPS) is 13.6. The van der Waals surface area contributed by atoms with Crippen LogP contribution in [0.3, 0.4) is 0 Å². The molecule has 0 spiro atoms. The van der Waals surface area contributed by atoms with Gasteiger partial charge in [0.15, 0.2) is 0 Å². The van der Waals surface area contributed by atoms with Crippen molar-refractivity contribution in [2.45, 2.75) is 25.8 Å². The molecule has 3 nitrogen and oxygen atoms in total. The van der Waals surface area contributed by atoms with Crippen molar-refractivity contribution in [1.82, 2.24) is 0 Å². The second-order valence-electron chi connectivity index (χ2n) is 4.04. The van der Waals surface area contributed by atoms with E-state index < -0.39 is 9.84 Å². The van der Waals surface area contributed by atoms with Crippen LogP contribution in [0.1, 0.15) is 31.4 Å². The highest BCUT2D eigenvalue weighted by Crippen LogP contribution is 2.19. The van der Waals surface area contributed by atoms with Gasteiger partial charge in [-0.05, 0) is 30.5 Å². The Morgan fingerprint density at radius 1 is 1.41 bits per heavy atom. The van der Waals surface area contributed by atoms with Gasteiger partial charge >= 0.3 is 0 Å². The summed E-state index contributed by atoms with van der Waals surface area (Å²) in [5.41, 5.74) is 6.93. The monoisotopic (exact) mass is 275 g/mol. The van der Waals surface area contributed by atoms with E-state index in [1.165, 1.54) is 0 Å². The molecule has 17 heavy (non-hydrogen) atoms. The molecule has 0 saturated carbocycles. The smallest absolute Gasteiger partial charge is 0.150 e. The minimum Gasteiger partial charge on any atom is -0.324 e. The summed E-state index contributed by atoms with van der Waals surface area (Å²) in [6, 6.07) is 7.21. The molecule has 1 atom stereocenters. The van der Waals surface area contributed by atoms with E-state index in [1.54, 1.807) is 13.0 Å². The highest BCUT2D eigenvalue weighted by atomic mass is 35.5. The Bertz CT molecular complexity index is 459. The Balaban J connectivity index is 2.48. The third-order valence-corrected chi connectivity index (χ3v) is 4.71. The quantitative estimate of drug-likeness (QED) is 0.868. The fraction of sp³-hybridized carbons (Fsp3) is 0.500. The maximum Gasteiger partial charge on any atom is 0.150 e. The van der Waals surface area contributed by atoms with E-state index in [-0.39, 0.29) is 17.5 Å². The standard InChI is InChI=1S/C12H18ClNO2S/c1-2-17(15,16)8-4-7-12(14)10-5-3-6-11(13)9-10/h3,5-6,9,12H,2,4,7-8,14H2,1H3. The van der Waals surface area contributed by atoms with Crippen LogP contribution in [0, 0.1) is 0 Å². The number of sulfone groups is 1. The van der Waals surface area contributed by atoms with Crippen molar-refractivity contribution in [2.75, 3.05) is 11.5 Å². The Morgan fingerprint density at radius 3 is 2.71 bits per heavy atom. The molecule has 0 saturated heterocycles. The molecule has 0 amide bonds. The van der Waals surface area contributed by atoms with E-state index in [0.29, 0.717) is 17.9 Å². The van der Waals surface area contributed by atoms with Gasteiger partial charge in [0.25, 0.3) is 0 Å². The zero-order valence-corrected chi connectivity index (χ0v) is 11.5. The summed E-state index contributed by atoms with van der Waals surface area (Å²) in [7, 11) is -2.89. The fourth-order valence-electron chi connectivity index (χ4n) is 1.57. The van der Waals surface area contributed by atoms with Gasteiger partial charge in [0, 0.05) is 16.8 Å². The summed E-state index contributed by atoms with van der Waals surface area (Å²) in [5.74, 6) is 0.400. The van der Waals surface area contributed by atoms with Crippen molar-refractivity contribution in [3.63, 3.8) is 0 Å². The average Bonchev–Trinajstić information content (AvgIpc) is 2.28. The first-order valence-corrected chi connectivity index (χ1v) is 7.86. The second kappa shape index (κ2) is 6.38. The van der Waals surface area contributed by atoms with Gasteiger partial charge in [0.05, 0.1) is 5.75 Å². The van der Waals surface area contributed by atoms with Crippen LogP contribution in [0.15, 0.2) is 24.3 Å². The molecule has 1 aromatic rings. The molecule has 0 aliphatic rings. The lowest BCUT2D eigenvalue weighted by Gasteiger charge is -2.12. The molecule has 1 rings (SSSR count). The summed E-state index contributed by atoms with van der Waals surface area (Å²) in [6.45, 7) is 1.66. The molecule has 0 bridgehead atoms. The number of benzene rings is 1. The Kier molecular flexibility index (Phi) is 5.43. The van der Waals surface area contributed by atoms with Crippen LogP contribution in [0.5, 0.6) is 0 Å². The zero-order chi connectivity index (χ0) is 12.9. The van der Waals surface area contributed by atoms with Gasteiger partial charge < -0.3 is 5.73 Å². The van der Waals surface area contributed by atoms with E-state index in [2.05, 4.69) is 0 Å². The molecule has 1 unspecified atom stereocenters. The summed E-state index contributed by atoms with van der Waals surface area (Å²) >= 11 is 5.87. The molecule has 1 aromatic carbocycles. The molecule has 96 valence electrons. The lowest BCUT2D eigenvalue weighted by molar-refractivity contribution is 0.584. The molecule has 0 aromatic heterocycles. The highest BCUT2D eigenvalue weighted by Gasteiger charge is 2.10. The van der Waals surface area contributed by atoms with E-state index in [0.717, 1.165) is 5.56 Å². The van der Waals surface area contributed by atoms with Gasteiger partial charge in [-0.2, -0.15) is 0 Å². The van der Waals surface area contributed by atoms with Crippen LogP contribution in [-0.4, -0.2) is 19.9 Å². The van der Waals surface area contributed by atoms with Crippen molar-refractivity contribution < 1.29 is 8.42 Å². The molecule has 0 heterocycles. The van der Waals surface area contributed by atoms with Crippen LogP contribution in [0.2, 0.25) is 5.02 Å². The van der Waals surface area contributed by atoms with Crippen molar-refractivity contribution in [3.05, 3.63) is 34.9 Å². The van der Waals surface area contributed by atoms with Crippen molar-refractivity contribution in [1.29, 1.82) is 0 Å². The number of hydrogen-bond acceptors (Lipinski definition) is 3. The van der Waals surface area contributed by atoms with Crippen LogP contribution >= 0.6 is 11.6 Å². The van der Waals surface area contributed by atoms with E-state index in [4.69, 9.17) is 17.3 Å². The number of nitrogens with two attached hydrogens (primary N) is 1. The Labute approximate surface area is 108 Å². The molecule has 0 aliphatic carbocycles. The maximum absolute atomic E-state index is 11.3. The van der Waals surface area contributed by atoms with E-state index >= 15 is 0 Å². The van der Waals surface area contributed by atoms with Gasteiger partial charge in [-0.3, -0.25) is 0 Å². The number of halogens is 1. The number of rotatable bonds is 6. The highest BCUT2D eigenvalue weighted by molar-refractivity contribution is 7.91. The van der Waals surface area contributed by atoms with Gasteiger partial charge in [-0.1, -0.05) is 30.7 Å². The second-order valence-corrected chi connectivity index (χ2v) is 6.95. The molecular weight excluding hydrogens is 258 g/mol. The summed E-state index contributed by atoms with van der Waals surface area (Å²) in [6.07, 6.45) is 1.24. The van der Waals surface area contributed by atoms with Crippen LogP contribution in [-0.2, 0) is 9.84 Å².